The third kappa shape index (κ3) is 3.53. The number of nitrogens with one attached hydrogen (secondary N) is 1. The lowest BCUT2D eigenvalue weighted by molar-refractivity contribution is 0.515. The molecule has 0 aliphatic carbocycles. The summed E-state index contributed by atoms with van der Waals surface area (Å²) in [5.74, 6) is 0. The molecule has 17 heavy (non-hydrogen) atoms. The Morgan fingerprint density at radius 2 is 2.12 bits per heavy atom. The van der Waals surface area contributed by atoms with E-state index >= 15 is 0 Å². The van der Waals surface area contributed by atoms with Crippen molar-refractivity contribution in [2.75, 3.05) is 0 Å². The molecule has 1 heterocycles. The Morgan fingerprint density at radius 3 is 2.71 bits per heavy atom. The molecule has 2 aromatic rings. The Balaban J connectivity index is 1.99. The molecular weight excluding hydrogens is 252 g/mol. The lowest BCUT2D eigenvalue weighted by Gasteiger charge is -2.16. The highest BCUT2D eigenvalue weighted by molar-refractivity contribution is 7.07. The van der Waals surface area contributed by atoms with Crippen LogP contribution in [0, 0.1) is 0 Å². The second-order valence-electron chi connectivity index (χ2n) is 3.87. The summed E-state index contributed by atoms with van der Waals surface area (Å²) in [5, 5.41) is 6.36. The number of nitrogens with zero attached hydrogens (tertiary/aromatic N) is 1. The molecule has 2 rings (SSSR count). The number of halogens is 1. The second-order valence-corrected chi connectivity index (χ2v) is 5.03. The second kappa shape index (κ2) is 6.15. The Labute approximate surface area is 111 Å². The van der Waals surface area contributed by atoms with Gasteiger partial charge in [-0.15, -0.1) is 11.3 Å². The topological polar surface area (TPSA) is 24.9 Å². The van der Waals surface area contributed by atoms with Gasteiger partial charge in [0.25, 0.3) is 0 Å². The molecule has 90 valence electrons. The Kier molecular flexibility index (Phi) is 4.54. The maximum absolute atomic E-state index is 5.89. The molecule has 2 nitrogen and oxygen atoms in total. The maximum atomic E-state index is 5.89. The zero-order valence-corrected chi connectivity index (χ0v) is 11.3. The zero-order chi connectivity index (χ0) is 12.1. The van der Waals surface area contributed by atoms with E-state index in [0.717, 1.165) is 23.7 Å². The van der Waals surface area contributed by atoms with E-state index in [9.17, 15) is 0 Å². The number of aromatic nitrogens is 1. The lowest BCUT2D eigenvalue weighted by atomic mass is 10.0. The van der Waals surface area contributed by atoms with E-state index in [2.05, 4.69) is 34.7 Å². The highest BCUT2D eigenvalue weighted by Crippen LogP contribution is 2.19. The molecule has 4 heteroatoms. The van der Waals surface area contributed by atoms with Crippen molar-refractivity contribution in [1.82, 2.24) is 10.3 Å². The normalized spacial score (nSPS) is 12.6. The van der Waals surface area contributed by atoms with Gasteiger partial charge in [0.2, 0.25) is 0 Å². The van der Waals surface area contributed by atoms with Crippen LogP contribution in [0.2, 0.25) is 5.02 Å². The van der Waals surface area contributed by atoms with Gasteiger partial charge in [0, 0.05) is 23.0 Å². The summed E-state index contributed by atoms with van der Waals surface area (Å²) in [5.41, 5.74) is 4.23. The van der Waals surface area contributed by atoms with Gasteiger partial charge >= 0.3 is 0 Å². The summed E-state index contributed by atoms with van der Waals surface area (Å²) in [4.78, 5) is 4.27. The molecule has 1 aromatic carbocycles. The van der Waals surface area contributed by atoms with E-state index in [4.69, 9.17) is 11.6 Å². The summed E-state index contributed by atoms with van der Waals surface area (Å²) >= 11 is 7.52. The van der Waals surface area contributed by atoms with Gasteiger partial charge in [0.1, 0.15) is 0 Å². The van der Waals surface area contributed by atoms with Crippen LogP contribution in [-0.2, 0) is 6.54 Å². The first-order valence-electron chi connectivity index (χ1n) is 5.65. The minimum Gasteiger partial charge on any atom is -0.304 e. The van der Waals surface area contributed by atoms with Crippen LogP contribution < -0.4 is 5.32 Å². The fourth-order valence-corrected chi connectivity index (χ4v) is 2.43. The van der Waals surface area contributed by atoms with Crippen LogP contribution in [0.3, 0.4) is 0 Å². The smallest absolute Gasteiger partial charge is 0.0795 e. The first kappa shape index (κ1) is 12.6. The summed E-state index contributed by atoms with van der Waals surface area (Å²) in [6.07, 6.45) is 1.05. The van der Waals surface area contributed by atoms with Crippen LogP contribution >= 0.6 is 22.9 Å². The molecule has 1 aromatic heterocycles. The van der Waals surface area contributed by atoms with Crippen LogP contribution in [0.1, 0.15) is 30.6 Å². The van der Waals surface area contributed by atoms with Gasteiger partial charge < -0.3 is 5.32 Å². The van der Waals surface area contributed by atoms with Crippen molar-refractivity contribution in [2.45, 2.75) is 25.9 Å². The summed E-state index contributed by atoms with van der Waals surface area (Å²) in [6.45, 7) is 2.98. The fourth-order valence-electron chi connectivity index (χ4n) is 1.75. The average molecular weight is 267 g/mol. The number of hydrogen-bond donors (Lipinski definition) is 1. The van der Waals surface area contributed by atoms with E-state index < -0.39 is 0 Å². The highest BCUT2D eigenvalue weighted by atomic mass is 35.5. The van der Waals surface area contributed by atoms with Gasteiger partial charge in [-0.3, -0.25) is 0 Å². The molecular formula is C13H15ClN2S. The van der Waals surface area contributed by atoms with Crippen molar-refractivity contribution in [3.63, 3.8) is 0 Å². The van der Waals surface area contributed by atoms with E-state index in [1.807, 2.05) is 17.6 Å². The van der Waals surface area contributed by atoms with Gasteiger partial charge in [0.05, 0.1) is 11.2 Å². The summed E-state index contributed by atoms with van der Waals surface area (Å²) in [7, 11) is 0. The molecule has 0 aliphatic heterocycles. The van der Waals surface area contributed by atoms with Gasteiger partial charge in [0.15, 0.2) is 0 Å². The zero-order valence-electron chi connectivity index (χ0n) is 9.69. The van der Waals surface area contributed by atoms with E-state index in [1.54, 1.807) is 11.3 Å². The molecule has 0 saturated carbocycles. The summed E-state index contributed by atoms with van der Waals surface area (Å²) < 4.78 is 0. The molecule has 0 saturated heterocycles. The fraction of sp³-hybridized carbons (Fsp3) is 0.308. The summed E-state index contributed by atoms with van der Waals surface area (Å²) in [6, 6.07) is 8.37. The number of benzene rings is 1. The third-order valence-corrected chi connectivity index (χ3v) is 3.58. The molecule has 0 bridgehead atoms. The number of rotatable bonds is 5. The highest BCUT2D eigenvalue weighted by Gasteiger charge is 2.08. The van der Waals surface area contributed by atoms with Gasteiger partial charge in [-0.05, 0) is 24.1 Å². The van der Waals surface area contributed by atoms with Crippen LogP contribution in [-0.4, -0.2) is 4.98 Å². The Bertz CT molecular complexity index is 439. The number of thiazole rings is 1. The first-order chi connectivity index (χ1) is 8.29. The van der Waals surface area contributed by atoms with Crippen molar-refractivity contribution in [1.29, 1.82) is 0 Å². The third-order valence-electron chi connectivity index (χ3n) is 2.69. The van der Waals surface area contributed by atoms with Crippen molar-refractivity contribution >= 4 is 22.9 Å². The SMILES string of the molecule is CCC(NCc1cscn1)c1ccc(Cl)cc1. The minimum atomic E-state index is 0.356. The molecule has 1 atom stereocenters. The molecule has 0 fully saturated rings. The predicted octanol–water partition coefficient (Wildman–Crippen LogP) is 4.04. The van der Waals surface area contributed by atoms with Crippen molar-refractivity contribution in [3.05, 3.63) is 51.4 Å². The monoisotopic (exact) mass is 266 g/mol. The van der Waals surface area contributed by atoms with Crippen LogP contribution in [0.4, 0.5) is 0 Å². The van der Waals surface area contributed by atoms with Crippen molar-refractivity contribution in [2.24, 2.45) is 0 Å². The van der Waals surface area contributed by atoms with Gasteiger partial charge in [-0.1, -0.05) is 30.7 Å². The minimum absolute atomic E-state index is 0.356. The molecule has 0 radical (unpaired) electrons. The lowest BCUT2D eigenvalue weighted by Crippen LogP contribution is -2.20. The van der Waals surface area contributed by atoms with Crippen LogP contribution in [0.5, 0.6) is 0 Å². The van der Waals surface area contributed by atoms with Gasteiger partial charge in [-0.25, -0.2) is 4.98 Å². The molecule has 0 aliphatic rings. The Hall–Kier alpha value is -0.900. The molecule has 0 amide bonds. The van der Waals surface area contributed by atoms with Crippen molar-refractivity contribution in [3.8, 4) is 0 Å². The molecule has 1 unspecified atom stereocenters. The van der Waals surface area contributed by atoms with Gasteiger partial charge in [-0.2, -0.15) is 0 Å². The van der Waals surface area contributed by atoms with Crippen molar-refractivity contribution < 1.29 is 0 Å². The molecule has 0 spiro atoms. The van der Waals surface area contributed by atoms with E-state index in [-0.39, 0.29) is 0 Å². The van der Waals surface area contributed by atoms with Crippen LogP contribution in [0.25, 0.3) is 0 Å². The quantitative estimate of drug-likeness (QED) is 0.884. The standard InChI is InChI=1S/C13H15ClN2S/c1-2-13(10-3-5-11(14)6-4-10)15-7-12-8-17-9-16-12/h3-6,8-9,13,15H,2,7H2,1H3. The number of hydrogen-bond acceptors (Lipinski definition) is 3. The Morgan fingerprint density at radius 1 is 1.35 bits per heavy atom. The first-order valence-corrected chi connectivity index (χ1v) is 6.97. The van der Waals surface area contributed by atoms with Crippen LogP contribution in [0.15, 0.2) is 35.2 Å². The molecule has 1 N–H and O–H groups in total. The average Bonchev–Trinajstić information content (AvgIpc) is 2.85. The van der Waals surface area contributed by atoms with E-state index in [0.29, 0.717) is 6.04 Å². The van der Waals surface area contributed by atoms with E-state index in [1.165, 1.54) is 5.56 Å². The maximum Gasteiger partial charge on any atom is 0.0795 e. The largest absolute Gasteiger partial charge is 0.304 e. The predicted molar refractivity (Wildman–Crippen MR) is 73.4 cm³/mol.